The van der Waals surface area contributed by atoms with Crippen LogP contribution in [0, 0.1) is 0 Å². The third-order valence-corrected chi connectivity index (χ3v) is 0.877. The predicted molar refractivity (Wildman–Crippen MR) is 36.8 cm³/mol. The van der Waals surface area contributed by atoms with Crippen LogP contribution in [0.1, 0.15) is 6.92 Å². The van der Waals surface area contributed by atoms with Gasteiger partial charge in [-0.25, -0.2) is 4.21 Å². The van der Waals surface area contributed by atoms with Crippen molar-refractivity contribution in [2.75, 3.05) is 6.61 Å². The van der Waals surface area contributed by atoms with Gasteiger partial charge >= 0.3 is 29.6 Å². The summed E-state index contributed by atoms with van der Waals surface area (Å²) in [6, 6.07) is 0. The number of thiol groups is 1. The van der Waals surface area contributed by atoms with E-state index in [1.807, 2.05) is 0 Å². The molecule has 0 aliphatic carbocycles. The van der Waals surface area contributed by atoms with E-state index in [1.54, 1.807) is 0 Å². The molecule has 0 heterocycles. The zero-order valence-electron chi connectivity index (χ0n) is 5.94. The summed E-state index contributed by atoms with van der Waals surface area (Å²) < 4.78 is 30.8. The smallest absolute Gasteiger partial charge is 0.752 e. The van der Waals surface area contributed by atoms with Crippen LogP contribution in [0.5, 0.6) is 0 Å². The van der Waals surface area contributed by atoms with Gasteiger partial charge in [-0.05, 0) is 6.92 Å². The van der Waals surface area contributed by atoms with Crippen molar-refractivity contribution in [3.63, 3.8) is 0 Å². The molecule has 62 valence electrons. The molecule has 0 aromatic carbocycles. The van der Waals surface area contributed by atoms with E-state index < -0.39 is 10.8 Å². The van der Waals surface area contributed by atoms with Crippen molar-refractivity contribution in [2.45, 2.75) is 6.92 Å². The van der Waals surface area contributed by atoms with E-state index in [9.17, 15) is 8.76 Å². The second kappa shape index (κ2) is 10.3. The topological polar surface area (TPSA) is 105 Å². The summed E-state index contributed by atoms with van der Waals surface area (Å²) in [5, 5.41) is 0. The minimum Gasteiger partial charge on any atom is -0.752 e. The minimum atomic E-state index is -4.42. The van der Waals surface area contributed by atoms with E-state index in [1.165, 1.54) is 6.92 Å². The quantitative estimate of drug-likeness (QED) is 0.331. The Hall–Kier alpha value is 1.28. The summed E-state index contributed by atoms with van der Waals surface area (Å²) in [6.45, 7) is 1.46. The first-order valence-electron chi connectivity index (χ1n) is 1.74. The maximum absolute atomic E-state index is 9.59. The van der Waals surface area contributed by atoms with Crippen molar-refractivity contribution >= 4 is 23.2 Å². The zero-order chi connectivity index (χ0) is 5.91. The Kier molecular flexibility index (Phi) is 23.1. The Balaban J connectivity index is -0.0000000600. The fourth-order valence-electron chi connectivity index (χ4n) is 0.163. The van der Waals surface area contributed by atoms with Gasteiger partial charge in [-0.15, -0.1) is 12.4 Å². The molecule has 0 saturated carbocycles. The molecule has 0 spiro atoms. The van der Waals surface area contributed by atoms with Gasteiger partial charge in [0.2, 0.25) is 0 Å². The van der Waals surface area contributed by atoms with Crippen LogP contribution >= 0.6 is 12.4 Å². The van der Waals surface area contributed by atoms with Gasteiger partial charge in [-0.3, -0.25) is 0 Å². The fourth-order valence-corrected chi connectivity index (χ4v) is 0.489. The van der Waals surface area contributed by atoms with Crippen LogP contribution in [0.15, 0.2) is 0 Å². The van der Waals surface area contributed by atoms with E-state index in [0.717, 1.165) is 0 Å². The average molecular weight is 204 g/mol. The van der Waals surface area contributed by atoms with Crippen LogP contribution in [0.2, 0.25) is 0 Å². The molecule has 0 atom stereocenters. The van der Waals surface area contributed by atoms with E-state index in [4.69, 9.17) is 4.55 Å². The summed E-state index contributed by atoms with van der Waals surface area (Å²) in [4.78, 5) is 0. The maximum atomic E-state index is 9.59. The molecule has 0 amide bonds. The monoisotopic (exact) mass is 203 g/mol. The average Bonchev–Trinajstić information content (AvgIpc) is 1.30. The molecule has 0 radical (unpaired) electrons. The molecule has 4 N–H and O–H groups in total. The van der Waals surface area contributed by atoms with E-state index >= 15 is 0 Å². The van der Waals surface area contributed by atoms with Crippen molar-refractivity contribution in [2.24, 2.45) is 0 Å². The Morgan fingerprint density at radius 1 is 1.70 bits per heavy atom. The zero-order valence-corrected chi connectivity index (χ0v) is 9.65. The third-order valence-electron chi connectivity index (χ3n) is 0.292. The molecule has 0 aliphatic heterocycles. The van der Waals surface area contributed by atoms with Gasteiger partial charge in [-0.1, -0.05) is 0 Å². The van der Waals surface area contributed by atoms with E-state index in [2.05, 4.69) is 4.18 Å². The van der Waals surface area contributed by atoms with Crippen LogP contribution < -0.4 is 35.7 Å². The van der Waals surface area contributed by atoms with Gasteiger partial charge in [0.25, 0.3) is 0 Å². The summed E-state index contributed by atoms with van der Waals surface area (Å²) in [5.41, 5.74) is 0. The molecule has 8 heteroatoms. The standard InChI is InChI=1S/C2H8O4S.ClH.H3N.Na/c1-2-6-7(3,4)5;;;/h7H,2H2,1H3,(H2,3,4,5);1H;1H3;/q;;;+1/p-1. The Morgan fingerprint density at radius 2 is 2.00 bits per heavy atom. The molecule has 0 aromatic rings. The van der Waals surface area contributed by atoms with E-state index in [-0.39, 0.29) is 54.7 Å². The predicted octanol–water partition coefficient (Wildman–Crippen LogP) is -2.85. The fraction of sp³-hybridized carbons (Fsp3) is 1.00. The van der Waals surface area contributed by atoms with E-state index in [0.29, 0.717) is 0 Å². The summed E-state index contributed by atoms with van der Waals surface area (Å²) >= 11 is 0. The van der Waals surface area contributed by atoms with Gasteiger partial charge in [0, 0.05) is 10.8 Å². The summed E-state index contributed by atoms with van der Waals surface area (Å²) in [7, 11) is -4.42. The number of halogens is 1. The van der Waals surface area contributed by atoms with Crippen molar-refractivity contribution in [1.82, 2.24) is 6.15 Å². The van der Waals surface area contributed by atoms with Crippen molar-refractivity contribution < 1.29 is 47.1 Å². The molecular weight excluding hydrogens is 193 g/mol. The molecule has 0 aliphatic rings. The maximum Gasteiger partial charge on any atom is 1.00 e. The van der Waals surface area contributed by atoms with Gasteiger partial charge in [0.1, 0.15) is 0 Å². The first-order chi connectivity index (χ1) is 3.06. The molecule has 0 fully saturated rings. The second-order valence-electron chi connectivity index (χ2n) is 0.886. The van der Waals surface area contributed by atoms with Gasteiger partial charge < -0.3 is 19.4 Å². The first kappa shape index (κ1) is 22.5. The number of hydrogen-bond acceptors (Lipinski definition) is 4. The first-order valence-corrected chi connectivity index (χ1v) is 3.24. The Labute approximate surface area is 89.5 Å². The van der Waals surface area contributed by atoms with Crippen LogP contribution in [0.25, 0.3) is 0 Å². The molecule has 0 saturated heterocycles. The summed E-state index contributed by atoms with van der Waals surface area (Å²) in [5.74, 6) is 0. The van der Waals surface area contributed by atoms with Crippen molar-refractivity contribution in [3.05, 3.63) is 0 Å². The third kappa shape index (κ3) is 22.8. The minimum absolute atomic E-state index is 0. The number of rotatable bonds is 2. The second-order valence-corrected chi connectivity index (χ2v) is 2.08. The van der Waals surface area contributed by atoms with Crippen LogP contribution in [-0.4, -0.2) is 19.9 Å². The normalized spacial score (nSPS) is 9.90. The molecular formula is C2H11ClNNaO4S. The van der Waals surface area contributed by atoms with Gasteiger partial charge in [-0.2, -0.15) is 0 Å². The van der Waals surface area contributed by atoms with Crippen molar-refractivity contribution in [1.29, 1.82) is 0 Å². The molecule has 0 aromatic heterocycles. The van der Waals surface area contributed by atoms with Crippen LogP contribution in [0.3, 0.4) is 0 Å². The molecule has 10 heavy (non-hydrogen) atoms. The molecule has 0 bridgehead atoms. The van der Waals surface area contributed by atoms with Gasteiger partial charge in [0.15, 0.2) is 0 Å². The van der Waals surface area contributed by atoms with Crippen molar-refractivity contribution in [3.8, 4) is 0 Å². The summed E-state index contributed by atoms with van der Waals surface area (Å²) in [6.07, 6.45) is 0. The van der Waals surface area contributed by atoms with Crippen LogP contribution in [-0.2, 0) is 15.0 Å². The van der Waals surface area contributed by atoms with Gasteiger partial charge in [0.05, 0.1) is 6.61 Å². The SMILES string of the molecule is CCO[SH](=O)([O-])O.Cl.N.[Na+]. The molecule has 0 rings (SSSR count). The molecule has 0 unspecified atom stereocenters. The molecule has 5 nitrogen and oxygen atoms in total. The Bertz CT molecular complexity index is 97.3. The largest absolute Gasteiger partial charge is 1.00 e. The number of hydrogen-bond donors (Lipinski definition) is 3. The van der Waals surface area contributed by atoms with Crippen LogP contribution in [0.4, 0.5) is 0 Å². The Morgan fingerprint density at radius 3 is 2.00 bits per heavy atom.